The van der Waals surface area contributed by atoms with Crippen molar-refractivity contribution in [3.63, 3.8) is 0 Å². The molecule has 37 heavy (non-hydrogen) atoms. The van der Waals surface area contributed by atoms with Crippen LogP contribution in [0.5, 0.6) is 11.5 Å². The summed E-state index contributed by atoms with van der Waals surface area (Å²) in [5.74, 6) is 0.782. The lowest BCUT2D eigenvalue weighted by molar-refractivity contribution is 0.474. The first-order valence-corrected chi connectivity index (χ1v) is 12.7. The number of benzene rings is 2. The lowest BCUT2D eigenvalue weighted by Crippen LogP contribution is -2.36. The molecular weight excluding hydrogens is 464 g/mol. The molecule has 8 heteroatoms. The van der Waals surface area contributed by atoms with E-state index in [-0.39, 0.29) is 28.6 Å². The van der Waals surface area contributed by atoms with Crippen molar-refractivity contribution in [3.05, 3.63) is 72.1 Å². The Morgan fingerprint density at radius 1 is 1.16 bits per heavy atom. The van der Waals surface area contributed by atoms with Crippen molar-refractivity contribution in [2.24, 2.45) is 10.7 Å². The summed E-state index contributed by atoms with van der Waals surface area (Å²) in [6, 6.07) is 14.6. The monoisotopic (exact) mass is 496 g/mol. The average molecular weight is 497 g/mol. The van der Waals surface area contributed by atoms with Crippen LogP contribution in [-0.2, 0) is 6.42 Å². The number of hydrogen-bond donors (Lipinski definition) is 5. The quantitative estimate of drug-likeness (QED) is 0.149. The molecular formula is C29H32N6O2. The van der Waals surface area contributed by atoms with E-state index in [0.29, 0.717) is 5.84 Å². The highest BCUT2D eigenvalue weighted by Crippen LogP contribution is 2.52. The number of nitrogens with one attached hydrogen (secondary N) is 2. The van der Waals surface area contributed by atoms with Gasteiger partial charge in [0.1, 0.15) is 17.3 Å². The molecule has 8 nitrogen and oxygen atoms in total. The number of phenolic OH excluding ortho intramolecular Hbond substituents is 2. The first kappa shape index (κ1) is 23.4. The molecule has 0 amide bonds. The molecule has 1 aliphatic heterocycles. The van der Waals surface area contributed by atoms with Gasteiger partial charge in [-0.1, -0.05) is 19.1 Å². The van der Waals surface area contributed by atoms with Gasteiger partial charge in [0.2, 0.25) is 0 Å². The summed E-state index contributed by atoms with van der Waals surface area (Å²) in [5.41, 5.74) is 12.8. The minimum absolute atomic E-state index is 0.00339. The average Bonchev–Trinajstić information content (AvgIpc) is 3.14. The van der Waals surface area contributed by atoms with Gasteiger partial charge in [-0.3, -0.25) is 0 Å². The van der Waals surface area contributed by atoms with E-state index in [2.05, 4.69) is 35.6 Å². The Balaban J connectivity index is 1.48. The number of phenols is 2. The van der Waals surface area contributed by atoms with Crippen LogP contribution in [0.1, 0.15) is 44.7 Å². The van der Waals surface area contributed by atoms with E-state index in [4.69, 9.17) is 10.7 Å². The molecule has 2 aromatic heterocycles. The standard InChI is InChI=1S/C29H32N6O2/c1-4-17-12-21(37)8-9-23(17)32-27(30)22-15-31-35-16-19(18-6-5-7-20(36)13-18)14-24(35)26(22)33-25-10-11-28(2)29(25,3)34-28/h5-9,12-16,25,33-34,36-37H,4,10-11H2,1-3H3,(H2,30,32). The lowest BCUT2D eigenvalue weighted by Gasteiger charge is -2.23. The smallest absolute Gasteiger partial charge is 0.135 e. The van der Waals surface area contributed by atoms with E-state index in [1.165, 1.54) is 0 Å². The predicted octanol–water partition coefficient (Wildman–Crippen LogP) is 4.71. The Bertz CT molecular complexity index is 1560. The molecule has 2 aliphatic rings. The number of aryl methyl sites for hydroxylation is 1. The second-order valence-corrected chi connectivity index (χ2v) is 10.6. The number of anilines is 1. The third-order valence-electron chi connectivity index (χ3n) is 8.35. The molecule has 4 aromatic rings. The Labute approximate surface area is 215 Å². The minimum Gasteiger partial charge on any atom is -0.508 e. The maximum Gasteiger partial charge on any atom is 0.135 e. The van der Waals surface area contributed by atoms with E-state index in [9.17, 15) is 10.2 Å². The van der Waals surface area contributed by atoms with Crippen molar-refractivity contribution in [1.29, 1.82) is 0 Å². The first-order chi connectivity index (χ1) is 17.7. The summed E-state index contributed by atoms with van der Waals surface area (Å²) in [4.78, 5) is 4.77. The molecule has 0 spiro atoms. The SMILES string of the molecule is CCc1cc(O)ccc1N=C(N)c1cnn2cc(-c3cccc(O)c3)cc2c1NC1CCC2(C)NC12C. The number of aromatic nitrogens is 2. The third-order valence-corrected chi connectivity index (χ3v) is 8.35. The molecule has 1 aliphatic carbocycles. The fraction of sp³-hybridized carbons (Fsp3) is 0.310. The molecule has 6 rings (SSSR count). The number of aromatic hydroxyl groups is 2. The largest absolute Gasteiger partial charge is 0.508 e. The molecule has 2 aromatic carbocycles. The number of hydrogen-bond acceptors (Lipinski definition) is 6. The van der Waals surface area contributed by atoms with Gasteiger partial charge in [0, 0.05) is 23.3 Å². The summed E-state index contributed by atoms with van der Waals surface area (Å²) in [6.45, 7) is 6.57. The maximum absolute atomic E-state index is 10.0. The minimum atomic E-state index is 0.00339. The Morgan fingerprint density at radius 3 is 2.68 bits per heavy atom. The van der Waals surface area contributed by atoms with Gasteiger partial charge >= 0.3 is 0 Å². The van der Waals surface area contributed by atoms with Gasteiger partial charge in [0.25, 0.3) is 0 Å². The van der Waals surface area contributed by atoms with Crippen molar-refractivity contribution in [1.82, 2.24) is 14.9 Å². The van der Waals surface area contributed by atoms with Gasteiger partial charge in [-0.05, 0) is 80.6 Å². The predicted molar refractivity (Wildman–Crippen MR) is 147 cm³/mol. The van der Waals surface area contributed by atoms with Crippen molar-refractivity contribution in [3.8, 4) is 22.6 Å². The van der Waals surface area contributed by atoms with Gasteiger partial charge in [0.15, 0.2) is 0 Å². The molecule has 3 unspecified atom stereocenters. The highest BCUT2D eigenvalue weighted by molar-refractivity contribution is 6.06. The zero-order chi connectivity index (χ0) is 25.9. The summed E-state index contributed by atoms with van der Waals surface area (Å²) < 4.78 is 1.84. The van der Waals surface area contributed by atoms with Crippen LogP contribution < -0.4 is 16.4 Å². The van der Waals surface area contributed by atoms with Crippen molar-refractivity contribution in [2.45, 2.75) is 57.2 Å². The molecule has 1 saturated carbocycles. The number of rotatable bonds is 6. The van der Waals surface area contributed by atoms with Crippen LogP contribution in [0.2, 0.25) is 0 Å². The molecule has 2 fully saturated rings. The summed E-state index contributed by atoms with van der Waals surface area (Å²) >= 11 is 0. The fourth-order valence-electron chi connectivity index (χ4n) is 5.85. The van der Waals surface area contributed by atoms with Crippen LogP contribution in [0.3, 0.4) is 0 Å². The zero-order valence-corrected chi connectivity index (χ0v) is 21.3. The Kier molecular flexibility index (Phi) is 5.21. The number of fused-ring (bicyclic) bond motifs is 2. The third kappa shape index (κ3) is 3.79. The van der Waals surface area contributed by atoms with Crippen LogP contribution in [0.4, 0.5) is 11.4 Å². The molecule has 0 bridgehead atoms. The molecule has 0 radical (unpaired) electrons. The van der Waals surface area contributed by atoms with E-state index in [0.717, 1.165) is 58.4 Å². The van der Waals surface area contributed by atoms with Crippen LogP contribution in [0.25, 0.3) is 16.6 Å². The number of nitrogens with zero attached hydrogens (tertiary/aromatic N) is 3. The lowest BCUT2D eigenvalue weighted by atomic mass is 9.97. The fourth-order valence-corrected chi connectivity index (χ4v) is 5.85. The van der Waals surface area contributed by atoms with E-state index in [1.54, 1.807) is 36.5 Å². The number of amidine groups is 1. The van der Waals surface area contributed by atoms with Crippen molar-refractivity contribution >= 4 is 22.7 Å². The summed E-state index contributed by atoms with van der Waals surface area (Å²) in [5, 5.41) is 32.1. The van der Waals surface area contributed by atoms with Gasteiger partial charge in [-0.2, -0.15) is 5.10 Å². The molecule has 6 N–H and O–H groups in total. The normalized spacial score (nSPS) is 24.8. The van der Waals surface area contributed by atoms with Crippen molar-refractivity contribution < 1.29 is 10.2 Å². The Hall–Kier alpha value is -4.04. The molecule has 190 valence electrons. The second kappa shape index (κ2) is 8.24. The van der Waals surface area contributed by atoms with Crippen LogP contribution in [-0.4, -0.2) is 42.8 Å². The van der Waals surface area contributed by atoms with E-state index >= 15 is 0 Å². The zero-order valence-electron chi connectivity index (χ0n) is 21.3. The highest BCUT2D eigenvalue weighted by Gasteiger charge is 2.68. The maximum atomic E-state index is 10.0. The number of aliphatic imine (C=N–C) groups is 1. The van der Waals surface area contributed by atoms with Gasteiger partial charge in [0.05, 0.1) is 34.2 Å². The van der Waals surface area contributed by atoms with Gasteiger partial charge in [-0.25, -0.2) is 9.51 Å². The second-order valence-electron chi connectivity index (χ2n) is 10.6. The van der Waals surface area contributed by atoms with Crippen LogP contribution in [0, 0.1) is 0 Å². The highest BCUT2D eigenvalue weighted by atomic mass is 16.3. The summed E-state index contributed by atoms with van der Waals surface area (Å²) in [6.07, 6.45) is 6.58. The van der Waals surface area contributed by atoms with Crippen LogP contribution in [0.15, 0.2) is 65.9 Å². The first-order valence-electron chi connectivity index (χ1n) is 12.7. The summed E-state index contributed by atoms with van der Waals surface area (Å²) in [7, 11) is 0. The van der Waals surface area contributed by atoms with E-state index in [1.807, 2.05) is 29.8 Å². The van der Waals surface area contributed by atoms with Crippen LogP contribution >= 0.6 is 0 Å². The number of nitrogens with two attached hydrogens (primary N) is 1. The van der Waals surface area contributed by atoms with Gasteiger partial charge in [-0.15, -0.1) is 0 Å². The molecule has 3 atom stereocenters. The Morgan fingerprint density at radius 2 is 1.97 bits per heavy atom. The number of piperidine rings is 1. The topological polar surface area (TPSA) is 130 Å². The van der Waals surface area contributed by atoms with Crippen molar-refractivity contribution in [2.75, 3.05) is 5.32 Å². The van der Waals surface area contributed by atoms with E-state index < -0.39 is 0 Å². The molecule has 1 saturated heterocycles. The van der Waals surface area contributed by atoms with Gasteiger partial charge < -0.3 is 26.6 Å². The molecule has 3 heterocycles.